The maximum atomic E-state index is 6.60. The summed E-state index contributed by atoms with van der Waals surface area (Å²) in [7, 11) is 0. The fourth-order valence-electron chi connectivity index (χ4n) is 10.5. The summed E-state index contributed by atoms with van der Waals surface area (Å²) in [4.78, 5) is 4.99. The molecule has 61 heavy (non-hydrogen) atoms. The van der Waals surface area contributed by atoms with Gasteiger partial charge < -0.3 is 5.73 Å². The number of hydrogen-bond donors (Lipinski definition) is 1. The molecule has 0 radical (unpaired) electrons. The normalized spacial score (nSPS) is 13.7. The lowest BCUT2D eigenvalue weighted by atomic mass is 9.68. The number of nitrogens with two attached hydrogens (primary N) is 1. The molecule has 0 heterocycles. The second kappa shape index (κ2) is 13.9. The van der Waals surface area contributed by atoms with Crippen LogP contribution in [-0.2, 0) is 11.8 Å². The number of benzene rings is 10. The van der Waals surface area contributed by atoms with Crippen molar-refractivity contribution in [3.05, 3.63) is 257 Å². The quantitative estimate of drug-likeness (QED) is 0.102. The van der Waals surface area contributed by atoms with Gasteiger partial charge in [-0.3, -0.25) is 0 Å². The minimum Gasteiger partial charge on any atom is -0.383 e. The molecule has 0 aromatic heterocycles. The highest BCUT2D eigenvalue weighted by Gasteiger charge is 2.53. The highest BCUT2D eigenvalue weighted by Crippen LogP contribution is 2.66. The molecule has 0 saturated carbocycles. The molecule has 12 rings (SSSR count). The predicted octanol–water partition coefficient (Wildman–Crippen LogP) is 14.1. The molecule has 10 aromatic rings. The Morgan fingerprint density at radius 2 is 1.02 bits per heavy atom. The molecule has 0 amide bonds. The first kappa shape index (κ1) is 35.2. The third-order valence-corrected chi connectivity index (χ3v) is 13.1. The molecule has 1 spiro atoms. The van der Waals surface area contributed by atoms with E-state index in [4.69, 9.17) is 10.7 Å². The fourth-order valence-corrected chi connectivity index (χ4v) is 10.5. The first-order valence-corrected chi connectivity index (χ1v) is 21.1. The lowest BCUT2D eigenvalue weighted by Gasteiger charge is -2.32. The maximum Gasteiger partial charge on any atom is 0.131 e. The minimum absolute atomic E-state index is 0.491. The van der Waals surface area contributed by atoms with Crippen molar-refractivity contribution in [2.45, 2.75) is 11.8 Å². The van der Waals surface area contributed by atoms with Gasteiger partial charge in [0, 0.05) is 5.56 Å². The van der Waals surface area contributed by atoms with E-state index in [1.165, 1.54) is 88.0 Å². The number of allylic oxidation sites excluding steroid dienone is 1. The Bertz CT molecular complexity index is 3380. The van der Waals surface area contributed by atoms with Crippen molar-refractivity contribution in [1.29, 1.82) is 0 Å². The molecule has 0 aliphatic heterocycles. The summed E-state index contributed by atoms with van der Waals surface area (Å²) in [6.07, 6.45) is 2.93. The van der Waals surface area contributed by atoms with Gasteiger partial charge in [0.05, 0.1) is 11.1 Å². The summed E-state index contributed by atoms with van der Waals surface area (Å²) >= 11 is 0. The summed E-state index contributed by atoms with van der Waals surface area (Å²) in [5.74, 6) is 0.500. The van der Waals surface area contributed by atoms with E-state index in [0.717, 1.165) is 28.8 Å². The number of rotatable bonds is 6. The number of nitrogens with zero attached hydrogens (tertiary/aromatic N) is 1. The van der Waals surface area contributed by atoms with Crippen LogP contribution in [0.4, 0.5) is 0 Å². The van der Waals surface area contributed by atoms with Crippen molar-refractivity contribution in [1.82, 2.24) is 0 Å². The smallest absolute Gasteiger partial charge is 0.131 e. The molecule has 2 nitrogen and oxygen atoms in total. The molecule has 0 bridgehead atoms. The monoisotopic (exact) mass is 776 g/mol. The van der Waals surface area contributed by atoms with E-state index in [2.05, 4.69) is 182 Å². The minimum atomic E-state index is -0.491. The van der Waals surface area contributed by atoms with E-state index in [0.29, 0.717) is 5.84 Å². The third-order valence-electron chi connectivity index (χ3n) is 13.1. The molecule has 0 fully saturated rings. The van der Waals surface area contributed by atoms with E-state index in [1.54, 1.807) is 0 Å². The first-order chi connectivity index (χ1) is 30.2. The van der Waals surface area contributed by atoms with Crippen LogP contribution in [0.25, 0.3) is 71.4 Å². The van der Waals surface area contributed by atoms with Gasteiger partial charge in [0.15, 0.2) is 0 Å². The zero-order valence-electron chi connectivity index (χ0n) is 33.5. The van der Waals surface area contributed by atoms with Crippen LogP contribution in [0, 0.1) is 0 Å². The Morgan fingerprint density at radius 3 is 1.72 bits per heavy atom. The average Bonchev–Trinajstić information content (AvgIpc) is 3.81. The van der Waals surface area contributed by atoms with Crippen LogP contribution < -0.4 is 5.73 Å². The van der Waals surface area contributed by atoms with E-state index in [9.17, 15) is 0 Å². The Balaban J connectivity index is 1.03. The van der Waals surface area contributed by atoms with Crippen LogP contribution in [0.1, 0.15) is 38.9 Å². The van der Waals surface area contributed by atoms with Gasteiger partial charge in [-0.2, -0.15) is 0 Å². The lowest BCUT2D eigenvalue weighted by molar-refractivity contribution is 0.809. The fraction of sp³-hybridized carbons (Fsp3) is 0.0339. The summed E-state index contributed by atoms with van der Waals surface area (Å²) in [5.41, 5.74) is 23.2. The van der Waals surface area contributed by atoms with Gasteiger partial charge in [0.1, 0.15) is 5.84 Å². The van der Waals surface area contributed by atoms with Crippen molar-refractivity contribution in [2.75, 3.05) is 0 Å². The SMILES string of the molecule is NC(=N/C(=C\Cc1ccccc1)c1ccc(-c2ccc3c4c(ccc3c2)-c2c(c3ccccc3c3ccccc23)C42c3ccccc3-c3ccccc32)cc1)c1ccccc1. The standard InChI is InChI=1S/C59H40N2/c60-58(41-17-5-2-6-18-41)61-54(36-27-38-15-3-1-4-16-38)40-30-28-39(29-31-40)42-32-34-44-43(37-42)33-35-51-55-49-23-9-7-19-45(49)46-20-8-10-24-50(46)57(55)59(56(44)51)52-25-13-11-21-47(52)48-22-12-14-26-53(48)59/h1-26,28-37H,27H2,(H2,60,61)/b54-36-. The first-order valence-electron chi connectivity index (χ1n) is 21.1. The van der Waals surface area contributed by atoms with Crippen molar-refractivity contribution in [2.24, 2.45) is 10.7 Å². The number of aliphatic imine (C=N–C) groups is 1. The van der Waals surface area contributed by atoms with Gasteiger partial charge in [-0.25, -0.2) is 4.99 Å². The van der Waals surface area contributed by atoms with Gasteiger partial charge in [-0.15, -0.1) is 0 Å². The summed E-state index contributed by atoms with van der Waals surface area (Å²) in [5, 5.41) is 7.73. The molecule has 2 heteroatoms. The molecule has 2 aliphatic rings. The summed E-state index contributed by atoms with van der Waals surface area (Å²) in [6, 6.07) is 77.4. The maximum absolute atomic E-state index is 6.60. The number of hydrogen-bond acceptors (Lipinski definition) is 1. The zero-order valence-corrected chi connectivity index (χ0v) is 33.5. The molecular formula is C59H40N2. The number of amidine groups is 1. The van der Waals surface area contributed by atoms with Gasteiger partial charge in [0.25, 0.3) is 0 Å². The topological polar surface area (TPSA) is 38.4 Å². The molecule has 0 unspecified atom stereocenters. The zero-order chi connectivity index (χ0) is 40.5. The van der Waals surface area contributed by atoms with Crippen LogP contribution in [-0.4, -0.2) is 5.84 Å². The van der Waals surface area contributed by atoms with Crippen LogP contribution in [0.15, 0.2) is 223 Å². The lowest BCUT2D eigenvalue weighted by Crippen LogP contribution is -2.26. The van der Waals surface area contributed by atoms with Crippen molar-refractivity contribution in [3.63, 3.8) is 0 Å². The highest BCUT2D eigenvalue weighted by atomic mass is 14.9. The van der Waals surface area contributed by atoms with Gasteiger partial charge in [-0.05, 0) is 112 Å². The van der Waals surface area contributed by atoms with Crippen molar-refractivity contribution < 1.29 is 0 Å². The average molecular weight is 777 g/mol. The van der Waals surface area contributed by atoms with E-state index < -0.39 is 5.41 Å². The predicted molar refractivity (Wildman–Crippen MR) is 256 cm³/mol. The molecule has 0 saturated heterocycles. The van der Waals surface area contributed by atoms with Gasteiger partial charge in [0.2, 0.25) is 0 Å². The van der Waals surface area contributed by atoms with E-state index in [-0.39, 0.29) is 0 Å². The Kier molecular flexibility index (Phi) is 8.01. The van der Waals surface area contributed by atoms with Gasteiger partial charge in [-0.1, -0.05) is 212 Å². The summed E-state index contributed by atoms with van der Waals surface area (Å²) < 4.78 is 0. The molecule has 286 valence electrons. The second-order valence-corrected chi connectivity index (χ2v) is 16.3. The molecule has 2 N–H and O–H groups in total. The molecule has 10 aromatic carbocycles. The van der Waals surface area contributed by atoms with Crippen LogP contribution in [0.3, 0.4) is 0 Å². The second-order valence-electron chi connectivity index (χ2n) is 16.3. The van der Waals surface area contributed by atoms with Gasteiger partial charge >= 0.3 is 0 Å². The van der Waals surface area contributed by atoms with E-state index >= 15 is 0 Å². The largest absolute Gasteiger partial charge is 0.383 e. The van der Waals surface area contributed by atoms with Crippen molar-refractivity contribution >= 4 is 43.9 Å². The Hall–Kier alpha value is -7.81. The molecular weight excluding hydrogens is 737 g/mol. The summed E-state index contributed by atoms with van der Waals surface area (Å²) in [6.45, 7) is 0. The van der Waals surface area contributed by atoms with E-state index in [1.807, 2.05) is 36.4 Å². The number of fused-ring (bicyclic) bond motifs is 17. The Labute approximate surface area is 355 Å². The van der Waals surface area contributed by atoms with Crippen LogP contribution >= 0.6 is 0 Å². The van der Waals surface area contributed by atoms with Crippen molar-refractivity contribution in [3.8, 4) is 33.4 Å². The molecule has 2 aliphatic carbocycles. The van der Waals surface area contributed by atoms with Crippen LogP contribution in [0.5, 0.6) is 0 Å². The van der Waals surface area contributed by atoms with Crippen LogP contribution in [0.2, 0.25) is 0 Å². The third kappa shape index (κ3) is 5.32. The highest BCUT2D eigenvalue weighted by molar-refractivity contribution is 6.21. The molecule has 0 atom stereocenters. The Morgan fingerprint density at radius 1 is 0.443 bits per heavy atom.